The molecule has 1 spiro atoms. The van der Waals surface area contributed by atoms with Gasteiger partial charge in [-0.2, -0.15) is 0 Å². The number of aliphatic hydroxyl groups is 6. The Kier molecular flexibility index (Phi) is 10.1. The Balaban J connectivity index is 1.45. The van der Waals surface area contributed by atoms with Crippen LogP contribution in [0.1, 0.15) is 48.0 Å². The maximum atomic E-state index is 13.9. The summed E-state index contributed by atoms with van der Waals surface area (Å²) in [6.07, 6.45) is -12.9. The highest BCUT2D eigenvalue weighted by atomic mass is 16.7. The molecule has 6 rings (SSSR count). The second kappa shape index (κ2) is 13.6. The molecule has 3 saturated heterocycles. The van der Waals surface area contributed by atoms with Crippen molar-refractivity contribution in [3.05, 3.63) is 23.5 Å². The number of ether oxygens (including phenoxy) is 7. The van der Waals surface area contributed by atoms with Crippen LogP contribution in [0.5, 0.6) is 0 Å². The molecule has 54 heavy (non-hydrogen) atoms. The molecule has 6 N–H and O–H groups in total. The van der Waals surface area contributed by atoms with E-state index in [1.165, 1.54) is 33.8 Å². The molecule has 3 aliphatic carbocycles. The molecule has 2 bridgehead atoms. The fraction of sp³-hybridized carbons (Fsp3) is 0.750. The SMILES string of the molecule is COC(=O)[C@]12OC[C@]34[C@H]([C@@H](O)[C@@H]1O)[C@@]1(C)C=C(O[C@@H]5O[C@H](CO)[C@@H](O)[C@H](O)[C@H]5O)C(=O)[C@@H](C)[C@@H]1C[C@H]3OC(=O)[C@H](OC(=O)/C=C(/C)C(C)(C)OC(C)=O)[C@@H]24. The van der Waals surface area contributed by atoms with Gasteiger partial charge in [-0.25, -0.2) is 14.4 Å². The lowest BCUT2D eigenvalue weighted by Gasteiger charge is -2.67. The van der Waals surface area contributed by atoms with Gasteiger partial charge in [0, 0.05) is 30.3 Å². The first-order valence-electron chi connectivity index (χ1n) is 17.8. The van der Waals surface area contributed by atoms with Crippen molar-refractivity contribution in [2.45, 2.75) is 114 Å². The molecule has 0 amide bonds. The van der Waals surface area contributed by atoms with Crippen molar-refractivity contribution in [1.29, 1.82) is 0 Å². The van der Waals surface area contributed by atoms with Gasteiger partial charge >= 0.3 is 23.9 Å². The third kappa shape index (κ3) is 5.63. The minimum absolute atomic E-state index is 0.00828. The van der Waals surface area contributed by atoms with Gasteiger partial charge in [0.1, 0.15) is 42.2 Å². The van der Waals surface area contributed by atoms with E-state index in [0.29, 0.717) is 0 Å². The summed E-state index contributed by atoms with van der Waals surface area (Å²) in [5, 5.41) is 65.1. The number of carbonyl (C=O) groups excluding carboxylic acids is 5. The van der Waals surface area contributed by atoms with Crippen LogP contribution in [0, 0.1) is 34.5 Å². The Labute approximate surface area is 309 Å². The summed E-state index contributed by atoms with van der Waals surface area (Å²) in [7, 11) is 1.03. The highest BCUT2D eigenvalue weighted by molar-refractivity contribution is 5.97. The number of fused-ring (bicyclic) bond motifs is 2. The highest BCUT2D eigenvalue weighted by Gasteiger charge is 2.85. The Morgan fingerprint density at radius 3 is 2.30 bits per heavy atom. The molecule has 0 aromatic rings. The van der Waals surface area contributed by atoms with Crippen LogP contribution in [-0.2, 0) is 57.1 Å². The smallest absolute Gasteiger partial charge is 0.348 e. The molecule has 18 nitrogen and oxygen atoms in total. The number of hydrogen-bond acceptors (Lipinski definition) is 18. The zero-order valence-corrected chi connectivity index (χ0v) is 30.9. The van der Waals surface area contributed by atoms with E-state index in [2.05, 4.69) is 0 Å². The average Bonchev–Trinajstić information content (AvgIpc) is 3.41. The molecular formula is C36H48O18. The van der Waals surface area contributed by atoms with Gasteiger partial charge in [0.15, 0.2) is 11.5 Å². The fourth-order valence-electron chi connectivity index (χ4n) is 10.1. The molecule has 0 aromatic heterocycles. The zero-order chi connectivity index (χ0) is 40.0. The second-order valence-electron chi connectivity index (χ2n) is 16.0. The maximum absolute atomic E-state index is 13.9. The number of aliphatic hydroxyl groups excluding tert-OH is 6. The Hall–Kier alpha value is -3.49. The number of rotatable bonds is 8. The molecule has 18 heteroatoms. The number of Topliss-reactive ketones (excluding diaryl/α,β-unsaturated/α-hetero) is 1. The molecule has 5 fully saturated rings. The average molecular weight is 769 g/mol. The van der Waals surface area contributed by atoms with Gasteiger partial charge in [-0.05, 0) is 50.2 Å². The molecule has 0 aromatic carbocycles. The van der Waals surface area contributed by atoms with E-state index in [0.717, 1.165) is 13.2 Å². The first-order valence-corrected chi connectivity index (χ1v) is 17.8. The highest BCUT2D eigenvalue weighted by Crippen LogP contribution is 2.72. The van der Waals surface area contributed by atoms with Gasteiger partial charge in [-0.1, -0.05) is 13.8 Å². The molecule has 0 unspecified atom stereocenters. The zero-order valence-electron chi connectivity index (χ0n) is 30.9. The molecule has 0 radical (unpaired) electrons. The fourth-order valence-corrected chi connectivity index (χ4v) is 10.1. The molecule has 16 atom stereocenters. The topological polar surface area (TPSA) is 271 Å². The molecule has 2 saturated carbocycles. The quantitative estimate of drug-likeness (QED) is 0.0881. The second-order valence-corrected chi connectivity index (χ2v) is 16.0. The van der Waals surface area contributed by atoms with Crippen molar-refractivity contribution in [3.63, 3.8) is 0 Å². The summed E-state index contributed by atoms with van der Waals surface area (Å²) in [6.45, 7) is 7.89. The third-order valence-electron chi connectivity index (χ3n) is 12.8. The summed E-state index contributed by atoms with van der Waals surface area (Å²) in [5.41, 5.74) is -6.34. The van der Waals surface area contributed by atoms with Gasteiger partial charge in [0.05, 0.1) is 32.3 Å². The van der Waals surface area contributed by atoms with Crippen molar-refractivity contribution >= 4 is 29.7 Å². The summed E-state index contributed by atoms with van der Waals surface area (Å²) < 4.78 is 39.7. The van der Waals surface area contributed by atoms with E-state index < -0.39 is 144 Å². The number of ketones is 1. The van der Waals surface area contributed by atoms with Crippen LogP contribution < -0.4 is 0 Å². The lowest BCUT2D eigenvalue weighted by molar-refractivity contribution is -0.296. The van der Waals surface area contributed by atoms with E-state index >= 15 is 0 Å². The normalized spacial score (nSPS) is 45.6. The number of esters is 4. The molecular weight excluding hydrogens is 720 g/mol. The van der Waals surface area contributed by atoms with Crippen LogP contribution >= 0.6 is 0 Å². The van der Waals surface area contributed by atoms with Crippen molar-refractivity contribution < 1.29 is 87.8 Å². The van der Waals surface area contributed by atoms with Crippen LogP contribution in [0.3, 0.4) is 0 Å². The van der Waals surface area contributed by atoms with Gasteiger partial charge < -0.3 is 63.8 Å². The first kappa shape index (κ1) is 40.2. The molecule has 6 aliphatic rings. The largest absolute Gasteiger partial charge is 0.467 e. The van der Waals surface area contributed by atoms with Gasteiger partial charge in [-0.15, -0.1) is 0 Å². The third-order valence-corrected chi connectivity index (χ3v) is 12.8. The number of methoxy groups -OCH3 is 1. The Bertz CT molecular complexity index is 1650. The molecule has 3 aliphatic heterocycles. The standard InChI is InChI=1S/C36H48O18/c1-13(33(4,5)54-15(3)38)8-20(39)53-26-28-35-12-49-36(28,32(47)48-7)29(45)25(44)27(35)34(6)10-17(21(40)14(2)16(34)9-19(35)52-30(26)46)50-31-24(43)23(42)22(41)18(11-37)51-31/h8,10,14,16,18-19,22-29,31,37,41-45H,9,11-12H2,1-7H3/b13-8-/t14-,16-,18+,19+,22+,23-,24+,25+,26+,27+,28+,29-,31+,34-,35+,36+/m0/s1. The number of hydrogen-bond donors (Lipinski definition) is 6. The lowest BCUT2D eigenvalue weighted by atomic mass is 9.38. The van der Waals surface area contributed by atoms with E-state index in [-0.39, 0.29) is 17.8 Å². The van der Waals surface area contributed by atoms with Crippen LogP contribution in [-0.4, -0.2) is 147 Å². The van der Waals surface area contributed by atoms with Crippen molar-refractivity contribution in [1.82, 2.24) is 0 Å². The van der Waals surface area contributed by atoms with Crippen LogP contribution in [0.2, 0.25) is 0 Å². The predicted molar refractivity (Wildman–Crippen MR) is 175 cm³/mol. The monoisotopic (exact) mass is 768 g/mol. The van der Waals surface area contributed by atoms with E-state index in [9.17, 15) is 54.6 Å². The summed E-state index contributed by atoms with van der Waals surface area (Å²) in [6, 6.07) is 0. The van der Waals surface area contributed by atoms with Gasteiger partial charge in [0.25, 0.3) is 0 Å². The summed E-state index contributed by atoms with van der Waals surface area (Å²) in [4.78, 5) is 66.7. The van der Waals surface area contributed by atoms with Gasteiger partial charge in [0.2, 0.25) is 18.0 Å². The van der Waals surface area contributed by atoms with Gasteiger partial charge in [-0.3, -0.25) is 9.59 Å². The van der Waals surface area contributed by atoms with Crippen LogP contribution in [0.15, 0.2) is 23.5 Å². The van der Waals surface area contributed by atoms with E-state index in [1.807, 2.05) is 0 Å². The predicted octanol–water partition coefficient (Wildman–Crippen LogP) is -2.05. The van der Waals surface area contributed by atoms with Crippen LogP contribution in [0.25, 0.3) is 0 Å². The summed E-state index contributed by atoms with van der Waals surface area (Å²) >= 11 is 0. The van der Waals surface area contributed by atoms with Crippen LogP contribution in [0.4, 0.5) is 0 Å². The molecule has 3 heterocycles. The molecule has 300 valence electrons. The minimum atomic E-state index is -2.43. The van der Waals surface area contributed by atoms with E-state index in [1.54, 1.807) is 13.8 Å². The van der Waals surface area contributed by atoms with E-state index in [4.69, 9.17) is 33.2 Å². The minimum Gasteiger partial charge on any atom is -0.467 e. The van der Waals surface area contributed by atoms with Crippen molar-refractivity contribution in [2.75, 3.05) is 20.3 Å². The van der Waals surface area contributed by atoms with Crippen molar-refractivity contribution in [2.24, 2.45) is 34.5 Å². The number of carbonyl (C=O) groups is 5. The Morgan fingerprint density at radius 2 is 1.69 bits per heavy atom. The number of allylic oxidation sites excluding steroid dienone is 2. The first-order chi connectivity index (χ1) is 25.1. The maximum Gasteiger partial charge on any atom is 0.348 e. The summed E-state index contributed by atoms with van der Waals surface area (Å²) in [5.74, 6) is -9.12. The van der Waals surface area contributed by atoms with Crippen molar-refractivity contribution in [3.8, 4) is 0 Å². The Morgan fingerprint density at radius 1 is 1.02 bits per heavy atom. The lowest BCUT2D eigenvalue weighted by Crippen LogP contribution is -2.79.